The molecule has 0 radical (unpaired) electrons. The first-order valence-electron chi connectivity index (χ1n) is 6.95. The monoisotopic (exact) mass is 307 g/mol. The van der Waals surface area contributed by atoms with Gasteiger partial charge in [-0.3, -0.25) is 4.79 Å². The number of tetrazole rings is 1. The van der Waals surface area contributed by atoms with Crippen LogP contribution in [0.5, 0.6) is 0 Å². The molecule has 1 aromatic heterocycles. The first kappa shape index (κ1) is 15.4. The van der Waals surface area contributed by atoms with Crippen LogP contribution < -0.4 is 5.32 Å². The molecule has 21 heavy (non-hydrogen) atoms. The summed E-state index contributed by atoms with van der Waals surface area (Å²) in [4.78, 5) is 13.2. The van der Waals surface area contributed by atoms with Crippen molar-refractivity contribution in [3.63, 3.8) is 0 Å². The van der Waals surface area contributed by atoms with Crippen molar-refractivity contribution < 1.29 is 4.79 Å². The molecular weight excluding hydrogens is 290 g/mol. The molecule has 0 aliphatic heterocycles. The van der Waals surface area contributed by atoms with Crippen molar-refractivity contribution in [1.82, 2.24) is 25.5 Å². The molecule has 0 spiro atoms. The largest absolute Gasteiger partial charge is 0.352 e. The number of amides is 1. The lowest BCUT2D eigenvalue weighted by atomic mass is 10.2. The maximum Gasteiger partial charge on any atom is 0.243 e. The van der Waals surface area contributed by atoms with Gasteiger partial charge < -0.3 is 5.32 Å². The summed E-state index contributed by atoms with van der Waals surface area (Å²) >= 11 is 5.93. The van der Waals surface area contributed by atoms with Crippen LogP contribution in [0.2, 0.25) is 5.02 Å². The lowest BCUT2D eigenvalue weighted by Crippen LogP contribution is -2.36. The van der Waals surface area contributed by atoms with E-state index in [1.54, 1.807) is 12.1 Å². The van der Waals surface area contributed by atoms with Crippen LogP contribution in [0.25, 0.3) is 11.4 Å². The van der Waals surface area contributed by atoms with Gasteiger partial charge in [-0.15, -0.1) is 10.2 Å². The van der Waals surface area contributed by atoms with E-state index in [4.69, 9.17) is 11.6 Å². The van der Waals surface area contributed by atoms with Crippen LogP contribution in [0.15, 0.2) is 24.3 Å². The number of carbonyl (C=O) groups excluding carboxylic acids is 1. The van der Waals surface area contributed by atoms with E-state index < -0.39 is 0 Å². The molecule has 0 saturated carbocycles. The fourth-order valence-corrected chi connectivity index (χ4v) is 2.14. The summed E-state index contributed by atoms with van der Waals surface area (Å²) in [6.07, 6.45) is 1.81. The van der Waals surface area contributed by atoms with Crippen molar-refractivity contribution in [2.24, 2.45) is 0 Å². The Labute approximate surface area is 128 Å². The standard InChI is InChI=1S/C14H18ClN5O/c1-3-12(4-2)16-13(21)9-20-18-14(17-19-20)10-6-5-7-11(15)8-10/h5-8,12H,3-4,9H2,1-2H3,(H,16,21). The molecule has 0 bridgehead atoms. The van der Waals surface area contributed by atoms with Crippen LogP contribution in [0.3, 0.4) is 0 Å². The molecule has 7 heteroatoms. The Morgan fingerprint density at radius 1 is 1.38 bits per heavy atom. The van der Waals surface area contributed by atoms with Gasteiger partial charge in [0.05, 0.1) is 0 Å². The minimum atomic E-state index is -0.112. The van der Waals surface area contributed by atoms with Gasteiger partial charge in [0.1, 0.15) is 6.54 Å². The Balaban J connectivity index is 2.02. The van der Waals surface area contributed by atoms with E-state index in [9.17, 15) is 4.79 Å². The second kappa shape index (κ2) is 7.17. The predicted molar refractivity (Wildman–Crippen MR) is 80.8 cm³/mol. The lowest BCUT2D eigenvalue weighted by molar-refractivity contribution is -0.122. The van der Waals surface area contributed by atoms with Crippen molar-refractivity contribution in [3.05, 3.63) is 29.3 Å². The van der Waals surface area contributed by atoms with Gasteiger partial charge in [-0.2, -0.15) is 4.80 Å². The Hall–Kier alpha value is -1.95. The number of halogens is 1. The number of carbonyl (C=O) groups is 1. The van der Waals surface area contributed by atoms with Gasteiger partial charge in [-0.25, -0.2) is 0 Å². The SMILES string of the molecule is CCC(CC)NC(=O)Cn1nnc(-c2cccc(Cl)c2)n1. The van der Waals surface area contributed by atoms with Crippen molar-refractivity contribution in [3.8, 4) is 11.4 Å². The summed E-state index contributed by atoms with van der Waals surface area (Å²) in [7, 11) is 0. The zero-order valence-electron chi connectivity index (χ0n) is 12.1. The zero-order valence-corrected chi connectivity index (χ0v) is 12.8. The topological polar surface area (TPSA) is 72.7 Å². The lowest BCUT2D eigenvalue weighted by Gasteiger charge is -2.13. The van der Waals surface area contributed by atoms with Gasteiger partial charge in [0, 0.05) is 16.6 Å². The van der Waals surface area contributed by atoms with Crippen LogP contribution in [0.1, 0.15) is 26.7 Å². The van der Waals surface area contributed by atoms with Gasteiger partial charge in [0.2, 0.25) is 11.7 Å². The van der Waals surface area contributed by atoms with Crippen LogP contribution >= 0.6 is 11.6 Å². The number of benzene rings is 1. The minimum Gasteiger partial charge on any atom is -0.352 e. The number of aromatic nitrogens is 4. The summed E-state index contributed by atoms with van der Waals surface area (Å²) in [5.41, 5.74) is 0.772. The first-order chi connectivity index (χ1) is 10.1. The summed E-state index contributed by atoms with van der Waals surface area (Å²) in [5, 5.41) is 15.6. The van der Waals surface area contributed by atoms with E-state index in [1.807, 2.05) is 26.0 Å². The number of nitrogens with zero attached hydrogens (tertiary/aromatic N) is 4. The third-order valence-corrected chi connectivity index (χ3v) is 3.41. The van der Waals surface area contributed by atoms with Gasteiger partial charge in [-0.05, 0) is 30.2 Å². The van der Waals surface area contributed by atoms with Crippen molar-refractivity contribution in [2.75, 3.05) is 0 Å². The van der Waals surface area contributed by atoms with Crippen molar-refractivity contribution in [2.45, 2.75) is 39.3 Å². The Morgan fingerprint density at radius 3 is 2.81 bits per heavy atom. The van der Waals surface area contributed by atoms with E-state index in [0.29, 0.717) is 10.8 Å². The Kier molecular flexibility index (Phi) is 5.27. The molecule has 0 aliphatic rings. The van der Waals surface area contributed by atoms with Crippen molar-refractivity contribution in [1.29, 1.82) is 0 Å². The average Bonchev–Trinajstić information content (AvgIpc) is 2.93. The molecule has 112 valence electrons. The molecule has 2 rings (SSSR count). The van der Waals surface area contributed by atoms with E-state index in [2.05, 4.69) is 20.7 Å². The summed E-state index contributed by atoms with van der Waals surface area (Å²) < 4.78 is 0. The fourth-order valence-electron chi connectivity index (χ4n) is 1.95. The Morgan fingerprint density at radius 2 is 2.14 bits per heavy atom. The maximum atomic E-state index is 11.9. The second-order valence-electron chi connectivity index (χ2n) is 4.73. The first-order valence-corrected chi connectivity index (χ1v) is 7.33. The number of nitrogens with one attached hydrogen (secondary N) is 1. The molecule has 1 N–H and O–H groups in total. The molecule has 0 saturated heterocycles. The molecular formula is C14H18ClN5O. The van der Waals surface area contributed by atoms with Gasteiger partial charge in [0.25, 0.3) is 0 Å². The smallest absolute Gasteiger partial charge is 0.243 e. The molecule has 0 unspecified atom stereocenters. The Bertz CT molecular complexity index is 609. The summed E-state index contributed by atoms with van der Waals surface area (Å²) in [6, 6.07) is 7.38. The second-order valence-corrected chi connectivity index (χ2v) is 5.17. The quantitative estimate of drug-likeness (QED) is 0.888. The highest BCUT2D eigenvalue weighted by Gasteiger charge is 2.12. The fraction of sp³-hybridized carbons (Fsp3) is 0.429. The summed E-state index contributed by atoms with van der Waals surface area (Å²) in [5.74, 6) is 0.339. The van der Waals surface area contributed by atoms with Crippen LogP contribution in [0, 0.1) is 0 Å². The molecule has 0 atom stereocenters. The number of hydrogen-bond donors (Lipinski definition) is 1. The molecule has 6 nitrogen and oxygen atoms in total. The van der Waals surface area contributed by atoms with E-state index >= 15 is 0 Å². The van der Waals surface area contributed by atoms with Crippen LogP contribution in [0.4, 0.5) is 0 Å². The summed E-state index contributed by atoms with van der Waals surface area (Å²) in [6.45, 7) is 4.14. The van der Waals surface area contributed by atoms with Crippen molar-refractivity contribution >= 4 is 17.5 Å². The zero-order chi connectivity index (χ0) is 15.2. The van der Waals surface area contributed by atoms with E-state index in [0.717, 1.165) is 18.4 Å². The molecule has 2 aromatic rings. The highest BCUT2D eigenvalue weighted by atomic mass is 35.5. The maximum absolute atomic E-state index is 11.9. The van der Waals surface area contributed by atoms with Gasteiger partial charge in [-0.1, -0.05) is 37.6 Å². The highest BCUT2D eigenvalue weighted by Crippen LogP contribution is 2.18. The molecule has 1 aromatic carbocycles. The van der Waals surface area contributed by atoms with E-state index in [-0.39, 0.29) is 18.5 Å². The third kappa shape index (κ3) is 4.26. The van der Waals surface area contributed by atoms with Crippen LogP contribution in [-0.4, -0.2) is 32.2 Å². The molecule has 1 amide bonds. The van der Waals surface area contributed by atoms with Crippen LogP contribution in [-0.2, 0) is 11.3 Å². The minimum absolute atomic E-state index is 0.0596. The normalized spacial score (nSPS) is 10.9. The molecule has 0 aliphatic carbocycles. The van der Waals surface area contributed by atoms with Gasteiger partial charge >= 0.3 is 0 Å². The molecule has 0 fully saturated rings. The number of rotatable bonds is 6. The third-order valence-electron chi connectivity index (χ3n) is 3.17. The predicted octanol–water partition coefficient (Wildman–Crippen LogP) is 2.30. The highest BCUT2D eigenvalue weighted by molar-refractivity contribution is 6.30. The van der Waals surface area contributed by atoms with Gasteiger partial charge in [0.15, 0.2) is 0 Å². The molecule has 1 heterocycles. The average molecular weight is 308 g/mol. The van der Waals surface area contributed by atoms with E-state index in [1.165, 1.54) is 4.80 Å². The number of hydrogen-bond acceptors (Lipinski definition) is 4.